The van der Waals surface area contributed by atoms with E-state index in [0.717, 1.165) is 0 Å². The van der Waals surface area contributed by atoms with E-state index in [0.29, 0.717) is 22.0 Å². The molecular formula is C21H25ClN4O3. The van der Waals surface area contributed by atoms with Gasteiger partial charge in [0, 0.05) is 16.8 Å². The van der Waals surface area contributed by atoms with Gasteiger partial charge >= 0.3 is 0 Å². The van der Waals surface area contributed by atoms with Gasteiger partial charge in [-0.15, -0.1) is 0 Å². The molecule has 3 amide bonds. The van der Waals surface area contributed by atoms with E-state index in [2.05, 4.69) is 16.0 Å². The SMILES string of the molecule is CC(C)NC(=O)CN(C)CC(=O)Nc1ccccc1C(=O)Nc1ccc(Cl)cc1. The van der Waals surface area contributed by atoms with Crippen molar-refractivity contribution in [2.24, 2.45) is 0 Å². The van der Waals surface area contributed by atoms with Gasteiger partial charge in [0.25, 0.3) is 5.91 Å². The van der Waals surface area contributed by atoms with Crippen LogP contribution in [0.3, 0.4) is 0 Å². The summed E-state index contributed by atoms with van der Waals surface area (Å²) >= 11 is 5.86. The lowest BCUT2D eigenvalue weighted by Gasteiger charge is -2.18. The first-order valence-electron chi connectivity index (χ1n) is 9.18. The van der Waals surface area contributed by atoms with Crippen LogP contribution in [0.15, 0.2) is 48.5 Å². The highest BCUT2D eigenvalue weighted by Gasteiger charge is 2.15. The highest BCUT2D eigenvalue weighted by atomic mass is 35.5. The fourth-order valence-corrected chi connectivity index (χ4v) is 2.75. The molecule has 0 fully saturated rings. The van der Waals surface area contributed by atoms with E-state index in [-0.39, 0.29) is 36.9 Å². The Morgan fingerprint density at radius 3 is 2.21 bits per heavy atom. The number of halogens is 1. The maximum absolute atomic E-state index is 12.6. The van der Waals surface area contributed by atoms with Crippen LogP contribution < -0.4 is 16.0 Å². The molecule has 0 spiro atoms. The number of hydrogen-bond acceptors (Lipinski definition) is 4. The van der Waals surface area contributed by atoms with Gasteiger partial charge in [0.2, 0.25) is 11.8 Å². The predicted octanol–water partition coefficient (Wildman–Crippen LogP) is 2.99. The Bertz CT molecular complexity index is 868. The fourth-order valence-electron chi connectivity index (χ4n) is 2.63. The Balaban J connectivity index is 1.98. The quantitative estimate of drug-likeness (QED) is 0.617. The van der Waals surface area contributed by atoms with Crippen molar-refractivity contribution in [1.82, 2.24) is 10.2 Å². The van der Waals surface area contributed by atoms with E-state index in [9.17, 15) is 14.4 Å². The van der Waals surface area contributed by atoms with E-state index >= 15 is 0 Å². The largest absolute Gasteiger partial charge is 0.353 e. The van der Waals surface area contributed by atoms with Crippen LogP contribution in [0.25, 0.3) is 0 Å². The number of rotatable bonds is 8. The molecule has 0 unspecified atom stereocenters. The van der Waals surface area contributed by atoms with Crippen molar-refractivity contribution >= 4 is 40.7 Å². The molecule has 2 aromatic carbocycles. The van der Waals surface area contributed by atoms with Gasteiger partial charge in [0.05, 0.1) is 24.3 Å². The summed E-state index contributed by atoms with van der Waals surface area (Å²) in [7, 11) is 1.68. The van der Waals surface area contributed by atoms with Crippen LogP contribution in [0.1, 0.15) is 24.2 Å². The van der Waals surface area contributed by atoms with Gasteiger partial charge in [-0.2, -0.15) is 0 Å². The van der Waals surface area contributed by atoms with Crippen LogP contribution in [0, 0.1) is 0 Å². The van der Waals surface area contributed by atoms with E-state index in [4.69, 9.17) is 11.6 Å². The molecule has 0 aliphatic rings. The molecule has 0 aliphatic heterocycles. The van der Waals surface area contributed by atoms with E-state index in [1.54, 1.807) is 60.5 Å². The number of carbonyl (C=O) groups excluding carboxylic acids is 3. The monoisotopic (exact) mass is 416 g/mol. The average molecular weight is 417 g/mol. The number of nitrogens with zero attached hydrogens (tertiary/aromatic N) is 1. The molecule has 0 atom stereocenters. The number of amides is 3. The van der Waals surface area contributed by atoms with Crippen molar-refractivity contribution in [2.75, 3.05) is 30.8 Å². The Kier molecular flexibility index (Phi) is 8.18. The minimum Gasteiger partial charge on any atom is -0.353 e. The second-order valence-corrected chi connectivity index (χ2v) is 7.39. The van der Waals surface area contributed by atoms with Gasteiger partial charge in [-0.25, -0.2) is 0 Å². The topological polar surface area (TPSA) is 90.5 Å². The van der Waals surface area contributed by atoms with Crippen molar-refractivity contribution in [3.05, 3.63) is 59.1 Å². The van der Waals surface area contributed by atoms with Crippen LogP contribution in [-0.4, -0.2) is 48.8 Å². The maximum Gasteiger partial charge on any atom is 0.257 e. The summed E-state index contributed by atoms with van der Waals surface area (Å²) in [6, 6.07) is 13.5. The van der Waals surface area contributed by atoms with Gasteiger partial charge in [-0.1, -0.05) is 23.7 Å². The number of benzene rings is 2. The van der Waals surface area contributed by atoms with Crippen molar-refractivity contribution in [1.29, 1.82) is 0 Å². The molecule has 0 heterocycles. The molecule has 0 saturated carbocycles. The summed E-state index contributed by atoms with van der Waals surface area (Å²) < 4.78 is 0. The number of para-hydroxylation sites is 1. The molecule has 0 aliphatic carbocycles. The Morgan fingerprint density at radius 1 is 0.931 bits per heavy atom. The van der Waals surface area contributed by atoms with Gasteiger partial charge in [0.15, 0.2) is 0 Å². The second-order valence-electron chi connectivity index (χ2n) is 6.95. The molecule has 7 nitrogen and oxygen atoms in total. The standard InChI is InChI=1S/C21H25ClN4O3/c1-14(2)23-19(27)12-26(3)13-20(28)25-18-7-5-4-6-17(18)21(29)24-16-10-8-15(22)9-11-16/h4-11,14H,12-13H2,1-3H3,(H,23,27)(H,24,29)(H,25,28). The maximum atomic E-state index is 12.6. The molecule has 3 N–H and O–H groups in total. The van der Waals surface area contributed by atoms with Gasteiger partial charge in [-0.3, -0.25) is 19.3 Å². The number of nitrogens with one attached hydrogen (secondary N) is 3. The van der Waals surface area contributed by atoms with E-state index in [1.807, 2.05) is 13.8 Å². The zero-order valence-corrected chi connectivity index (χ0v) is 17.4. The highest BCUT2D eigenvalue weighted by Crippen LogP contribution is 2.19. The first kappa shape index (κ1) is 22.4. The van der Waals surface area contributed by atoms with Gasteiger partial charge in [-0.05, 0) is 57.3 Å². The summed E-state index contributed by atoms with van der Waals surface area (Å²) in [5, 5.41) is 8.85. The zero-order chi connectivity index (χ0) is 21.4. The van der Waals surface area contributed by atoms with Gasteiger partial charge < -0.3 is 16.0 Å². The van der Waals surface area contributed by atoms with Crippen molar-refractivity contribution in [2.45, 2.75) is 19.9 Å². The molecule has 0 aromatic heterocycles. The smallest absolute Gasteiger partial charge is 0.257 e. The first-order valence-corrected chi connectivity index (χ1v) is 9.56. The Hall–Kier alpha value is -2.90. The molecular weight excluding hydrogens is 392 g/mol. The average Bonchev–Trinajstić information content (AvgIpc) is 2.62. The van der Waals surface area contributed by atoms with Crippen LogP contribution >= 0.6 is 11.6 Å². The molecule has 2 aromatic rings. The minimum atomic E-state index is -0.354. The normalized spacial score (nSPS) is 10.7. The molecule has 0 saturated heterocycles. The highest BCUT2D eigenvalue weighted by molar-refractivity contribution is 6.30. The third kappa shape index (κ3) is 7.56. The molecule has 8 heteroatoms. The lowest BCUT2D eigenvalue weighted by molar-refractivity contribution is -0.123. The third-order valence-electron chi connectivity index (χ3n) is 3.82. The van der Waals surface area contributed by atoms with Gasteiger partial charge in [0.1, 0.15) is 0 Å². The van der Waals surface area contributed by atoms with Crippen LogP contribution in [0.2, 0.25) is 5.02 Å². The van der Waals surface area contributed by atoms with E-state index in [1.165, 1.54) is 0 Å². The molecule has 0 radical (unpaired) electrons. The number of likely N-dealkylation sites (N-methyl/N-ethyl adjacent to an activating group) is 1. The summed E-state index contributed by atoms with van der Waals surface area (Å²) in [5.41, 5.74) is 1.32. The number of anilines is 2. The minimum absolute atomic E-state index is 0.0126. The van der Waals surface area contributed by atoms with Crippen LogP contribution in [0.4, 0.5) is 11.4 Å². The van der Waals surface area contributed by atoms with Crippen molar-refractivity contribution in [3.63, 3.8) is 0 Å². The third-order valence-corrected chi connectivity index (χ3v) is 4.08. The molecule has 2 rings (SSSR count). The summed E-state index contributed by atoms with van der Waals surface area (Å²) in [4.78, 5) is 38.4. The van der Waals surface area contributed by atoms with E-state index < -0.39 is 0 Å². The lowest BCUT2D eigenvalue weighted by Crippen LogP contribution is -2.41. The summed E-state index contributed by atoms with van der Waals surface area (Å²) in [6.07, 6.45) is 0. The van der Waals surface area contributed by atoms with Crippen molar-refractivity contribution in [3.8, 4) is 0 Å². The Labute approximate surface area is 175 Å². The molecule has 0 bridgehead atoms. The fraction of sp³-hybridized carbons (Fsp3) is 0.286. The number of hydrogen-bond donors (Lipinski definition) is 3. The zero-order valence-electron chi connectivity index (χ0n) is 16.7. The molecule has 154 valence electrons. The second kappa shape index (κ2) is 10.6. The lowest BCUT2D eigenvalue weighted by atomic mass is 10.1. The predicted molar refractivity (Wildman–Crippen MR) is 115 cm³/mol. The van der Waals surface area contributed by atoms with Crippen LogP contribution in [-0.2, 0) is 9.59 Å². The van der Waals surface area contributed by atoms with Crippen molar-refractivity contribution < 1.29 is 14.4 Å². The number of carbonyl (C=O) groups is 3. The van der Waals surface area contributed by atoms with Crippen LogP contribution in [0.5, 0.6) is 0 Å². The summed E-state index contributed by atoms with van der Waals surface area (Å²) in [5.74, 6) is -0.831. The summed E-state index contributed by atoms with van der Waals surface area (Å²) in [6.45, 7) is 3.86. The first-order chi connectivity index (χ1) is 13.7. The molecule has 29 heavy (non-hydrogen) atoms. The Morgan fingerprint density at radius 2 is 1.55 bits per heavy atom.